The molecule has 0 saturated heterocycles. The maximum atomic E-state index is 12.1. The number of thioether (sulfide) groups is 1. The highest BCUT2D eigenvalue weighted by Crippen LogP contribution is 2.27. The summed E-state index contributed by atoms with van der Waals surface area (Å²) in [6.45, 7) is 2.00. The van der Waals surface area contributed by atoms with Crippen molar-refractivity contribution in [1.82, 2.24) is 0 Å². The van der Waals surface area contributed by atoms with E-state index in [0.29, 0.717) is 4.91 Å². The number of anilines is 1. The summed E-state index contributed by atoms with van der Waals surface area (Å²) < 4.78 is 0. The summed E-state index contributed by atoms with van der Waals surface area (Å²) in [5, 5.41) is 2.83. The van der Waals surface area contributed by atoms with Crippen LogP contribution in [0, 0.1) is 6.92 Å². The van der Waals surface area contributed by atoms with Crippen LogP contribution in [0.3, 0.4) is 0 Å². The number of aryl methyl sites for hydroxylation is 1. The lowest BCUT2D eigenvalue weighted by Crippen LogP contribution is -2.12. The van der Waals surface area contributed by atoms with Gasteiger partial charge in [-0.25, -0.2) is 0 Å². The molecule has 0 bridgehead atoms. The Hall–Kier alpha value is -1.71. The van der Waals surface area contributed by atoms with Crippen LogP contribution >= 0.6 is 23.4 Å². The van der Waals surface area contributed by atoms with Crippen LogP contribution in [-0.2, 0) is 4.79 Å². The first-order chi connectivity index (χ1) is 9.69. The van der Waals surface area contributed by atoms with E-state index in [9.17, 15) is 4.79 Å². The maximum Gasteiger partial charge on any atom is 0.263 e. The second-order valence-electron chi connectivity index (χ2n) is 4.21. The molecule has 0 radical (unpaired) electrons. The molecule has 0 aliphatic rings. The van der Waals surface area contributed by atoms with Crippen LogP contribution in [0.1, 0.15) is 5.56 Å². The summed E-state index contributed by atoms with van der Waals surface area (Å²) >= 11 is 7.10. The Morgan fingerprint density at radius 3 is 2.35 bits per heavy atom. The van der Waals surface area contributed by atoms with Gasteiger partial charge in [0.2, 0.25) is 0 Å². The van der Waals surface area contributed by atoms with Gasteiger partial charge in [0.15, 0.2) is 0 Å². The fraction of sp³-hybridized carbons (Fsp3) is 0.0625. The number of hydrogen-bond acceptors (Lipinski definition) is 2. The fourth-order valence-corrected chi connectivity index (χ4v) is 2.53. The van der Waals surface area contributed by atoms with E-state index in [4.69, 9.17) is 11.6 Å². The lowest BCUT2D eigenvalue weighted by atomic mass is 10.2. The average Bonchev–Trinajstić information content (AvgIpc) is 2.48. The van der Waals surface area contributed by atoms with Crippen LogP contribution in [0.4, 0.5) is 5.69 Å². The van der Waals surface area contributed by atoms with Gasteiger partial charge in [-0.05, 0) is 31.2 Å². The van der Waals surface area contributed by atoms with Gasteiger partial charge in [-0.2, -0.15) is 0 Å². The van der Waals surface area contributed by atoms with Gasteiger partial charge in [-0.1, -0.05) is 59.3 Å². The summed E-state index contributed by atoms with van der Waals surface area (Å²) in [5.41, 5.74) is 3.21. The number of benzene rings is 2. The Morgan fingerprint density at radius 1 is 1.10 bits per heavy atom. The Kier molecular flexibility index (Phi) is 5.27. The van der Waals surface area contributed by atoms with Crippen molar-refractivity contribution in [3.8, 4) is 0 Å². The maximum absolute atomic E-state index is 12.1. The number of carbonyl (C=O) groups excluding carboxylic acids is 1. The molecule has 2 nitrogen and oxygen atoms in total. The van der Waals surface area contributed by atoms with Crippen molar-refractivity contribution in [2.45, 2.75) is 11.8 Å². The molecule has 0 atom stereocenters. The molecule has 0 aliphatic heterocycles. The SMILES string of the molecule is Cc1ccc(NC(=O)/C(=C\Cl)Sc2ccccc2)cc1. The minimum absolute atomic E-state index is 0.210. The van der Waals surface area contributed by atoms with E-state index in [1.165, 1.54) is 17.3 Å². The topological polar surface area (TPSA) is 29.1 Å². The molecule has 0 fully saturated rings. The first-order valence-corrected chi connectivity index (χ1v) is 7.35. The van der Waals surface area contributed by atoms with Crippen molar-refractivity contribution in [2.75, 3.05) is 5.32 Å². The summed E-state index contributed by atoms with van der Waals surface area (Å²) in [6.07, 6.45) is 0. The van der Waals surface area contributed by atoms with Crippen molar-refractivity contribution >= 4 is 35.0 Å². The Labute approximate surface area is 127 Å². The molecule has 1 amide bonds. The summed E-state index contributed by atoms with van der Waals surface area (Å²) in [4.78, 5) is 13.6. The van der Waals surface area contributed by atoms with Crippen molar-refractivity contribution in [1.29, 1.82) is 0 Å². The number of nitrogens with one attached hydrogen (secondary N) is 1. The molecule has 2 aromatic carbocycles. The minimum Gasteiger partial charge on any atom is -0.322 e. The second kappa shape index (κ2) is 7.17. The summed E-state index contributed by atoms with van der Waals surface area (Å²) in [7, 11) is 0. The van der Waals surface area contributed by atoms with Crippen LogP contribution in [0.2, 0.25) is 0 Å². The molecular weight excluding hydrogens is 290 g/mol. The Balaban J connectivity index is 2.05. The van der Waals surface area contributed by atoms with E-state index in [0.717, 1.165) is 16.1 Å². The molecule has 4 heteroatoms. The van der Waals surface area contributed by atoms with Crippen molar-refractivity contribution < 1.29 is 4.79 Å². The molecule has 0 unspecified atom stereocenters. The highest BCUT2D eigenvalue weighted by molar-refractivity contribution is 8.04. The Bertz CT molecular complexity index is 608. The van der Waals surface area contributed by atoms with E-state index in [-0.39, 0.29) is 5.91 Å². The number of hydrogen-bond donors (Lipinski definition) is 1. The molecule has 2 aromatic rings. The third-order valence-electron chi connectivity index (χ3n) is 2.60. The molecule has 0 aliphatic carbocycles. The van der Waals surface area contributed by atoms with Gasteiger partial charge >= 0.3 is 0 Å². The monoisotopic (exact) mass is 303 g/mol. The molecule has 0 saturated carbocycles. The van der Waals surface area contributed by atoms with Crippen LogP contribution in [0.15, 0.2) is 69.9 Å². The van der Waals surface area contributed by atoms with E-state index < -0.39 is 0 Å². The zero-order valence-electron chi connectivity index (χ0n) is 11.0. The van der Waals surface area contributed by atoms with Gasteiger partial charge < -0.3 is 5.32 Å². The van der Waals surface area contributed by atoms with Crippen molar-refractivity contribution in [3.63, 3.8) is 0 Å². The van der Waals surface area contributed by atoms with Crippen LogP contribution < -0.4 is 5.32 Å². The van der Waals surface area contributed by atoms with Gasteiger partial charge in [0.25, 0.3) is 5.91 Å². The highest BCUT2D eigenvalue weighted by Gasteiger charge is 2.11. The van der Waals surface area contributed by atoms with E-state index in [1.54, 1.807) is 0 Å². The average molecular weight is 304 g/mol. The molecule has 2 rings (SSSR count). The second-order valence-corrected chi connectivity index (χ2v) is 5.54. The van der Waals surface area contributed by atoms with Gasteiger partial charge in [0.1, 0.15) is 0 Å². The zero-order chi connectivity index (χ0) is 14.4. The standard InChI is InChI=1S/C16H14ClNOS/c1-12-7-9-13(10-8-12)18-16(19)15(11-17)20-14-5-3-2-4-6-14/h2-11H,1H3,(H,18,19)/b15-11+. The number of amides is 1. The van der Waals surface area contributed by atoms with Gasteiger partial charge in [-0.3, -0.25) is 4.79 Å². The molecule has 0 heterocycles. The van der Waals surface area contributed by atoms with Crippen LogP contribution in [0.25, 0.3) is 0 Å². The summed E-state index contributed by atoms with van der Waals surface area (Å²) in [6, 6.07) is 17.3. The lowest BCUT2D eigenvalue weighted by Gasteiger charge is -2.08. The molecular formula is C16H14ClNOS. The third kappa shape index (κ3) is 4.15. The lowest BCUT2D eigenvalue weighted by molar-refractivity contribution is -0.112. The first-order valence-electron chi connectivity index (χ1n) is 6.10. The van der Waals surface area contributed by atoms with Gasteiger partial charge in [0, 0.05) is 16.1 Å². The highest BCUT2D eigenvalue weighted by atomic mass is 35.5. The normalized spacial score (nSPS) is 11.2. The quantitative estimate of drug-likeness (QED) is 0.649. The smallest absolute Gasteiger partial charge is 0.263 e. The van der Waals surface area contributed by atoms with E-state index in [1.807, 2.05) is 61.5 Å². The molecule has 0 aromatic heterocycles. The summed E-state index contributed by atoms with van der Waals surface area (Å²) in [5.74, 6) is -0.210. The Morgan fingerprint density at radius 2 is 1.75 bits per heavy atom. The minimum atomic E-state index is -0.210. The van der Waals surface area contributed by atoms with Gasteiger partial charge in [0.05, 0.1) is 4.91 Å². The molecule has 0 spiro atoms. The van der Waals surface area contributed by atoms with Crippen LogP contribution in [-0.4, -0.2) is 5.91 Å². The largest absolute Gasteiger partial charge is 0.322 e. The van der Waals surface area contributed by atoms with E-state index in [2.05, 4.69) is 5.32 Å². The molecule has 20 heavy (non-hydrogen) atoms. The fourth-order valence-electron chi connectivity index (χ4n) is 1.56. The molecule has 102 valence electrons. The van der Waals surface area contributed by atoms with E-state index >= 15 is 0 Å². The number of carbonyl (C=O) groups is 1. The number of halogens is 1. The van der Waals surface area contributed by atoms with Crippen LogP contribution in [0.5, 0.6) is 0 Å². The predicted octanol–water partition coefficient (Wildman–Crippen LogP) is 4.81. The first kappa shape index (κ1) is 14.7. The predicted molar refractivity (Wildman–Crippen MR) is 86.0 cm³/mol. The third-order valence-corrected chi connectivity index (χ3v) is 3.98. The number of rotatable bonds is 4. The van der Waals surface area contributed by atoms with Crippen molar-refractivity contribution in [3.05, 3.63) is 70.6 Å². The van der Waals surface area contributed by atoms with Gasteiger partial charge in [-0.15, -0.1) is 0 Å². The zero-order valence-corrected chi connectivity index (χ0v) is 12.5. The van der Waals surface area contributed by atoms with Crippen molar-refractivity contribution in [2.24, 2.45) is 0 Å². The molecule has 1 N–H and O–H groups in total.